The van der Waals surface area contributed by atoms with Gasteiger partial charge in [-0.25, -0.2) is 9.78 Å². The number of halogens is 3. The summed E-state index contributed by atoms with van der Waals surface area (Å²) in [5.41, 5.74) is 0.385. The van der Waals surface area contributed by atoms with Gasteiger partial charge in [0.05, 0.1) is 25.4 Å². The maximum atomic E-state index is 13.8. The number of pyridine rings is 1. The maximum absolute atomic E-state index is 13.8. The molecule has 0 N–H and O–H groups in total. The molecule has 1 aromatic carbocycles. The van der Waals surface area contributed by atoms with E-state index in [9.17, 15) is 18.0 Å². The topological polar surface area (TPSA) is 77.7 Å². The lowest BCUT2D eigenvalue weighted by Gasteiger charge is -2.39. The summed E-state index contributed by atoms with van der Waals surface area (Å²) in [6, 6.07) is 11.2. The van der Waals surface area contributed by atoms with E-state index in [1.807, 2.05) is 12.1 Å². The van der Waals surface area contributed by atoms with E-state index >= 15 is 0 Å². The number of hydrogen-bond acceptors (Lipinski definition) is 7. The van der Waals surface area contributed by atoms with Crippen molar-refractivity contribution in [1.29, 1.82) is 0 Å². The quantitative estimate of drug-likeness (QED) is 0.342. The van der Waals surface area contributed by atoms with Crippen molar-refractivity contribution in [3.05, 3.63) is 65.0 Å². The Labute approximate surface area is 217 Å². The molecular formula is C28H28F3N3O4. The molecule has 2 bridgehead atoms. The fourth-order valence-electron chi connectivity index (χ4n) is 5.90. The van der Waals surface area contributed by atoms with Crippen LogP contribution in [0.2, 0.25) is 0 Å². The lowest BCUT2D eigenvalue weighted by Crippen LogP contribution is -2.46. The number of fused-ring (bicyclic) bond motifs is 2. The summed E-state index contributed by atoms with van der Waals surface area (Å²) in [7, 11) is 1.33. The third-order valence-corrected chi connectivity index (χ3v) is 7.80. The summed E-state index contributed by atoms with van der Waals surface area (Å²) in [5, 5.41) is 4.10. The normalized spacial score (nSPS) is 23.1. The van der Waals surface area contributed by atoms with Crippen LogP contribution >= 0.6 is 0 Å². The monoisotopic (exact) mass is 527 g/mol. The molecule has 3 fully saturated rings. The first-order valence-corrected chi connectivity index (χ1v) is 12.9. The van der Waals surface area contributed by atoms with Gasteiger partial charge in [-0.15, -0.1) is 0 Å². The Hall–Kier alpha value is -3.40. The molecule has 7 nitrogen and oxygen atoms in total. The number of benzene rings is 1. The highest BCUT2D eigenvalue weighted by molar-refractivity contribution is 5.87. The van der Waals surface area contributed by atoms with Crippen LogP contribution in [0, 0.1) is 0 Å². The average molecular weight is 528 g/mol. The van der Waals surface area contributed by atoms with Crippen LogP contribution < -0.4 is 4.90 Å². The van der Waals surface area contributed by atoms with Crippen molar-refractivity contribution in [2.45, 2.75) is 75.4 Å². The number of carbonyl (C=O) groups is 1. The minimum Gasteiger partial charge on any atom is -0.464 e. The van der Waals surface area contributed by atoms with E-state index in [4.69, 9.17) is 14.0 Å². The molecule has 1 saturated carbocycles. The summed E-state index contributed by atoms with van der Waals surface area (Å²) >= 11 is 0. The van der Waals surface area contributed by atoms with Crippen molar-refractivity contribution >= 4 is 11.8 Å². The molecule has 4 heterocycles. The van der Waals surface area contributed by atoms with Gasteiger partial charge in [0.25, 0.3) is 0 Å². The zero-order valence-electron chi connectivity index (χ0n) is 20.9. The Morgan fingerprint density at radius 1 is 1.05 bits per heavy atom. The zero-order chi connectivity index (χ0) is 26.4. The highest BCUT2D eigenvalue weighted by Gasteiger charge is 2.43. The van der Waals surface area contributed by atoms with Gasteiger partial charge in [0.15, 0.2) is 5.69 Å². The molecule has 0 unspecified atom stereocenters. The molecule has 2 aliphatic heterocycles. The van der Waals surface area contributed by atoms with Crippen LogP contribution in [0.5, 0.6) is 0 Å². The number of esters is 1. The van der Waals surface area contributed by atoms with Crippen LogP contribution in [0.25, 0.3) is 11.3 Å². The number of ether oxygens (including phenoxy) is 2. The smallest absolute Gasteiger partial charge is 0.417 e. The Morgan fingerprint density at radius 2 is 1.79 bits per heavy atom. The van der Waals surface area contributed by atoms with E-state index < -0.39 is 17.7 Å². The van der Waals surface area contributed by atoms with Crippen molar-refractivity contribution in [2.75, 3.05) is 12.0 Å². The second-order valence-electron chi connectivity index (χ2n) is 10.3. The lowest BCUT2D eigenvalue weighted by atomic mass is 9.98. The number of piperidine rings is 1. The van der Waals surface area contributed by atoms with Crippen molar-refractivity contribution in [3.63, 3.8) is 0 Å². The van der Waals surface area contributed by atoms with E-state index in [2.05, 4.69) is 15.0 Å². The van der Waals surface area contributed by atoms with Crippen molar-refractivity contribution in [3.8, 4) is 11.3 Å². The summed E-state index contributed by atoms with van der Waals surface area (Å²) in [6.07, 6.45) is 0.807. The largest absolute Gasteiger partial charge is 0.464 e. The maximum Gasteiger partial charge on any atom is 0.417 e. The predicted molar refractivity (Wildman–Crippen MR) is 132 cm³/mol. The van der Waals surface area contributed by atoms with E-state index in [1.54, 1.807) is 12.1 Å². The van der Waals surface area contributed by atoms with Gasteiger partial charge in [0.1, 0.15) is 17.3 Å². The van der Waals surface area contributed by atoms with E-state index in [-0.39, 0.29) is 47.7 Å². The van der Waals surface area contributed by atoms with E-state index in [1.165, 1.54) is 19.2 Å². The number of rotatable bonds is 7. The molecule has 2 saturated heterocycles. The van der Waals surface area contributed by atoms with Gasteiger partial charge in [0, 0.05) is 29.1 Å². The minimum absolute atomic E-state index is 0.0145. The molecule has 0 radical (unpaired) electrons. The Balaban J connectivity index is 1.21. The van der Waals surface area contributed by atoms with E-state index in [0.717, 1.165) is 50.4 Å². The van der Waals surface area contributed by atoms with Crippen molar-refractivity contribution in [1.82, 2.24) is 10.1 Å². The van der Waals surface area contributed by atoms with Gasteiger partial charge in [0.2, 0.25) is 0 Å². The first-order chi connectivity index (χ1) is 18.3. The van der Waals surface area contributed by atoms with Crippen LogP contribution in [0.15, 0.2) is 47.0 Å². The van der Waals surface area contributed by atoms with Crippen LogP contribution in [-0.2, 0) is 22.3 Å². The summed E-state index contributed by atoms with van der Waals surface area (Å²) in [4.78, 5) is 18.8. The molecule has 1 aliphatic carbocycles. The van der Waals surface area contributed by atoms with Gasteiger partial charge in [-0.2, -0.15) is 13.2 Å². The molecule has 10 heteroatoms. The molecule has 38 heavy (non-hydrogen) atoms. The SMILES string of the molecule is COC(=O)c1cccc(N2[C@@H]3CC[C@H]2C[C@H](OCc2c(-c4ccccc4C(F)(F)F)noc2C2CC2)C3)n1. The fraction of sp³-hybridized carbons (Fsp3) is 0.464. The Kier molecular flexibility index (Phi) is 6.37. The van der Waals surface area contributed by atoms with Gasteiger partial charge in [-0.3, -0.25) is 0 Å². The molecule has 3 aromatic rings. The molecule has 3 atom stereocenters. The van der Waals surface area contributed by atoms with Crippen molar-refractivity contribution < 1.29 is 32.0 Å². The van der Waals surface area contributed by atoms with Crippen LogP contribution in [0.3, 0.4) is 0 Å². The highest BCUT2D eigenvalue weighted by atomic mass is 19.4. The molecular weight excluding hydrogens is 499 g/mol. The lowest BCUT2D eigenvalue weighted by molar-refractivity contribution is -0.137. The average Bonchev–Trinajstić information content (AvgIpc) is 3.62. The third kappa shape index (κ3) is 4.66. The van der Waals surface area contributed by atoms with Gasteiger partial charge in [-0.05, 0) is 56.7 Å². The molecule has 0 spiro atoms. The Bertz CT molecular complexity index is 1320. The minimum atomic E-state index is -4.50. The number of carbonyl (C=O) groups excluding carboxylic acids is 1. The molecule has 200 valence electrons. The molecule has 2 aromatic heterocycles. The van der Waals surface area contributed by atoms with Gasteiger partial charge < -0.3 is 18.9 Å². The second-order valence-corrected chi connectivity index (χ2v) is 10.3. The number of anilines is 1. The zero-order valence-corrected chi connectivity index (χ0v) is 20.9. The molecule has 3 aliphatic rings. The standard InChI is InChI=1S/C28H28F3N3O4/c1-36-27(35)23-7-4-8-24(32-23)34-17-11-12-18(34)14-19(13-17)37-15-21-25(33-38-26(21)16-9-10-16)20-5-2-3-6-22(20)28(29,30)31/h2-8,16-19H,9-15H2,1H3/t17-,18+,19-. The van der Waals surface area contributed by atoms with Crippen LogP contribution in [0.1, 0.15) is 71.8 Å². The first-order valence-electron chi connectivity index (χ1n) is 12.9. The Morgan fingerprint density at radius 3 is 2.47 bits per heavy atom. The fourth-order valence-corrected chi connectivity index (χ4v) is 5.90. The van der Waals surface area contributed by atoms with E-state index in [0.29, 0.717) is 11.3 Å². The summed E-state index contributed by atoms with van der Waals surface area (Å²) < 4.78 is 58.1. The predicted octanol–water partition coefficient (Wildman–Crippen LogP) is 6.14. The van der Waals surface area contributed by atoms with Gasteiger partial charge in [-0.1, -0.05) is 29.4 Å². The summed E-state index contributed by atoms with van der Waals surface area (Å²) in [6.45, 7) is 0.150. The second kappa shape index (κ2) is 9.72. The summed E-state index contributed by atoms with van der Waals surface area (Å²) in [5.74, 6) is 1.10. The third-order valence-electron chi connectivity index (χ3n) is 7.80. The van der Waals surface area contributed by atoms with Crippen LogP contribution in [-0.4, -0.2) is 41.4 Å². The highest BCUT2D eigenvalue weighted by Crippen LogP contribution is 2.46. The number of hydrogen-bond donors (Lipinski definition) is 0. The molecule has 6 rings (SSSR count). The number of alkyl halides is 3. The van der Waals surface area contributed by atoms with Crippen molar-refractivity contribution in [2.24, 2.45) is 0 Å². The van der Waals surface area contributed by atoms with Crippen LogP contribution in [0.4, 0.5) is 19.0 Å². The number of nitrogens with zero attached hydrogens (tertiary/aromatic N) is 3. The number of methoxy groups -OCH3 is 1. The number of aromatic nitrogens is 2. The first kappa shape index (κ1) is 24.9. The van der Waals surface area contributed by atoms with Gasteiger partial charge >= 0.3 is 12.1 Å². The molecule has 0 amide bonds.